The van der Waals surface area contributed by atoms with E-state index < -0.39 is 0 Å². The molecule has 3 N–H and O–H groups in total. The summed E-state index contributed by atoms with van der Waals surface area (Å²) >= 11 is 5.82. The Morgan fingerprint density at radius 1 is 1.58 bits per heavy atom. The van der Waals surface area contributed by atoms with Crippen LogP contribution in [0.3, 0.4) is 0 Å². The standard InChI is InChI=1S/C14H20ClN3O/c1-10-3-2-7-18(10)8-6-14(19)17-13-5-4-11(15)9-12(13)16/h4-5,9-10H,2-3,6-8,16H2,1H3,(H,17,19). The minimum atomic E-state index is -0.00637. The zero-order valence-electron chi connectivity index (χ0n) is 11.2. The number of anilines is 2. The lowest BCUT2D eigenvalue weighted by atomic mass is 10.2. The molecule has 1 saturated heterocycles. The van der Waals surface area contributed by atoms with Crippen molar-refractivity contribution in [1.82, 2.24) is 4.90 Å². The van der Waals surface area contributed by atoms with Crippen molar-refractivity contribution >= 4 is 28.9 Å². The molecule has 0 radical (unpaired) electrons. The Labute approximate surface area is 118 Å². The van der Waals surface area contributed by atoms with E-state index in [0.717, 1.165) is 13.1 Å². The normalized spacial score (nSPS) is 19.6. The Morgan fingerprint density at radius 3 is 3.00 bits per heavy atom. The predicted octanol–water partition coefficient (Wildman–Crippen LogP) is 2.74. The number of rotatable bonds is 4. The third-order valence-electron chi connectivity index (χ3n) is 3.60. The van der Waals surface area contributed by atoms with Crippen LogP contribution in [0.4, 0.5) is 11.4 Å². The molecule has 19 heavy (non-hydrogen) atoms. The van der Waals surface area contributed by atoms with Crippen LogP contribution in [0.1, 0.15) is 26.2 Å². The molecule has 1 unspecified atom stereocenters. The molecule has 1 aromatic carbocycles. The maximum Gasteiger partial charge on any atom is 0.225 e. The van der Waals surface area contributed by atoms with Crippen molar-refractivity contribution in [3.8, 4) is 0 Å². The van der Waals surface area contributed by atoms with Crippen LogP contribution in [-0.2, 0) is 4.79 Å². The summed E-state index contributed by atoms with van der Waals surface area (Å²) in [4.78, 5) is 14.2. The van der Waals surface area contributed by atoms with Crippen molar-refractivity contribution in [2.75, 3.05) is 24.1 Å². The van der Waals surface area contributed by atoms with Crippen LogP contribution in [0.5, 0.6) is 0 Å². The van der Waals surface area contributed by atoms with Gasteiger partial charge < -0.3 is 16.0 Å². The van der Waals surface area contributed by atoms with E-state index in [2.05, 4.69) is 17.1 Å². The van der Waals surface area contributed by atoms with Crippen molar-refractivity contribution in [2.24, 2.45) is 0 Å². The van der Waals surface area contributed by atoms with Crippen LogP contribution < -0.4 is 11.1 Å². The van der Waals surface area contributed by atoms with Crippen LogP contribution in [0.25, 0.3) is 0 Å². The second-order valence-corrected chi connectivity index (χ2v) is 5.49. The highest BCUT2D eigenvalue weighted by Gasteiger charge is 2.20. The smallest absolute Gasteiger partial charge is 0.225 e. The molecule has 0 saturated carbocycles. The summed E-state index contributed by atoms with van der Waals surface area (Å²) in [5.74, 6) is -0.00637. The minimum absolute atomic E-state index is 0.00637. The van der Waals surface area contributed by atoms with Crippen LogP contribution >= 0.6 is 11.6 Å². The van der Waals surface area contributed by atoms with E-state index in [4.69, 9.17) is 17.3 Å². The lowest BCUT2D eigenvalue weighted by Gasteiger charge is -2.20. The first kappa shape index (κ1) is 14.2. The lowest BCUT2D eigenvalue weighted by Crippen LogP contribution is -2.30. The Balaban J connectivity index is 1.84. The highest BCUT2D eigenvalue weighted by Crippen LogP contribution is 2.23. The van der Waals surface area contributed by atoms with Gasteiger partial charge in [-0.3, -0.25) is 4.79 Å². The van der Waals surface area contributed by atoms with Gasteiger partial charge in [-0.05, 0) is 44.5 Å². The largest absolute Gasteiger partial charge is 0.397 e. The van der Waals surface area contributed by atoms with Gasteiger partial charge in [-0.15, -0.1) is 0 Å². The summed E-state index contributed by atoms with van der Waals surface area (Å²) < 4.78 is 0. The quantitative estimate of drug-likeness (QED) is 0.835. The van der Waals surface area contributed by atoms with Crippen LogP contribution in [-0.4, -0.2) is 29.9 Å². The molecular formula is C14H20ClN3O. The number of carbonyl (C=O) groups is 1. The Hall–Kier alpha value is -1.26. The van der Waals surface area contributed by atoms with Crippen molar-refractivity contribution < 1.29 is 4.79 Å². The summed E-state index contributed by atoms with van der Waals surface area (Å²) in [6, 6.07) is 5.68. The molecule has 0 bridgehead atoms. The number of nitrogens with zero attached hydrogens (tertiary/aromatic N) is 1. The molecule has 1 aromatic rings. The SMILES string of the molecule is CC1CCCN1CCC(=O)Nc1ccc(Cl)cc1N. The summed E-state index contributed by atoms with van der Waals surface area (Å²) in [5, 5.41) is 3.40. The summed E-state index contributed by atoms with van der Waals surface area (Å²) in [6.45, 7) is 4.11. The molecule has 0 spiro atoms. The predicted molar refractivity (Wildman–Crippen MR) is 79.4 cm³/mol. The Morgan fingerprint density at radius 2 is 2.37 bits per heavy atom. The average Bonchev–Trinajstić information content (AvgIpc) is 2.76. The Kier molecular flexibility index (Phi) is 4.66. The van der Waals surface area contributed by atoms with Gasteiger partial charge in [-0.2, -0.15) is 0 Å². The highest BCUT2D eigenvalue weighted by molar-refractivity contribution is 6.31. The number of hydrogen-bond acceptors (Lipinski definition) is 3. The van der Waals surface area contributed by atoms with E-state index in [0.29, 0.717) is 28.9 Å². The molecule has 1 fully saturated rings. The maximum absolute atomic E-state index is 11.9. The van der Waals surface area contributed by atoms with Gasteiger partial charge in [0.1, 0.15) is 0 Å². The number of nitrogen functional groups attached to an aromatic ring is 1. The van der Waals surface area contributed by atoms with Gasteiger partial charge >= 0.3 is 0 Å². The highest BCUT2D eigenvalue weighted by atomic mass is 35.5. The van der Waals surface area contributed by atoms with Crippen LogP contribution in [0, 0.1) is 0 Å². The summed E-state index contributed by atoms with van der Waals surface area (Å²) in [7, 11) is 0. The van der Waals surface area contributed by atoms with E-state index in [1.807, 2.05) is 0 Å². The fourth-order valence-corrected chi connectivity index (χ4v) is 2.61. The third kappa shape index (κ3) is 3.85. The van der Waals surface area contributed by atoms with Gasteiger partial charge in [0.25, 0.3) is 0 Å². The molecule has 5 heteroatoms. The van der Waals surface area contributed by atoms with E-state index in [-0.39, 0.29) is 5.91 Å². The number of benzene rings is 1. The number of likely N-dealkylation sites (tertiary alicyclic amines) is 1. The molecule has 2 rings (SSSR count). The monoisotopic (exact) mass is 281 g/mol. The lowest BCUT2D eigenvalue weighted by molar-refractivity contribution is -0.116. The summed E-state index contributed by atoms with van der Waals surface area (Å²) in [6.07, 6.45) is 2.95. The van der Waals surface area contributed by atoms with Crippen molar-refractivity contribution in [1.29, 1.82) is 0 Å². The van der Waals surface area contributed by atoms with E-state index in [1.165, 1.54) is 12.8 Å². The molecule has 0 aromatic heterocycles. The van der Waals surface area contributed by atoms with E-state index in [1.54, 1.807) is 18.2 Å². The summed E-state index contributed by atoms with van der Waals surface area (Å²) in [5.41, 5.74) is 6.92. The van der Waals surface area contributed by atoms with E-state index in [9.17, 15) is 4.79 Å². The number of carbonyl (C=O) groups excluding carboxylic acids is 1. The average molecular weight is 282 g/mol. The molecule has 1 aliphatic heterocycles. The molecule has 0 aliphatic carbocycles. The van der Waals surface area contributed by atoms with Crippen molar-refractivity contribution in [2.45, 2.75) is 32.2 Å². The maximum atomic E-state index is 11.9. The van der Waals surface area contributed by atoms with Gasteiger partial charge in [0.05, 0.1) is 11.4 Å². The number of hydrogen-bond donors (Lipinski definition) is 2. The van der Waals surface area contributed by atoms with Crippen molar-refractivity contribution in [3.05, 3.63) is 23.2 Å². The molecule has 1 atom stereocenters. The van der Waals surface area contributed by atoms with Gasteiger partial charge in [-0.1, -0.05) is 11.6 Å². The van der Waals surface area contributed by atoms with Gasteiger partial charge in [0.15, 0.2) is 0 Å². The van der Waals surface area contributed by atoms with Gasteiger partial charge in [0, 0.05) is 24.0 Å². The fourth-order valence-electron chi connectivity index (χ4n) is 2.43. The number of nitrogens with one attached hydrogen (secondary N) is 1. The molecule has 1 heterocycles. The topological polar surface area (TPSA) is 58.4 Å². The second kappa shape index (κ2) is 6.26. The third-order valence-corrected chi connectivity index (χ3v) is 3.84. The van der Waals surface area contributed by atoms with Crippen LogP contribution in [0.2, 0.25) is 5.02 Å². The molecule has 1 aliphatic rings. The number of amides is 1. The molecular weight excluding hydrogens is 262 g/mol. The van der Waals surface area contributed by atoms with Gasteiger partial charge in [-0.25, -0.2) is 0 Å². The molecule has 4 nitrogen and oxygen atoms in total. The van der Waals surface area contributed by atoms with Gasteiger partial charge in [0.2, 0.25) is 5.91 Å². The number of halogens is 1. The Bertz CT molecular complexity index is 464. The second-order valence-electron chi connectivity index (χ2n) is 5.06. The zero-order chi connectivity index (χ0) is 13.8. The van der Waals surface area contributed by atoms with Crippen LogP contribution in [0.15, 0.2) is 18.2 Å². The fraction of sp³-hybridized carbons (Fsp3) is 0.500. The first-order valence-corrected chi connectivity index (χ1v) is 7.03. The first-order valence-electron chi connectivity index (χ1n) is 6.65. The first-order chi connectivity index (χ1) is 9.06. The zero-order valence-corrected chi connectivity index (χ0v) is 11.9. The minimum Gasteiger partial charge on any atom is -0.397 e. The number of nitrogens with two attached hydrogens (primary N) is 1. The molecule has 104 valence electrons. The van der Waals surface area contributed by atoms with Crippen molar-refractivity contribution in [3.63, 3.8) is 0 Å². The van der Waals surface area contributed by atoms with E-state index >= 15 is 0 Å². The molecule has 1 amide bonds.